The molecule has 0 saturated carbocycles. The molecule has 2 N–H and O–H groups in total. The van der Waals surface area contributed by atoms with Crippen LogP contribution in [0.5, 0.6) is 0 Å². The highest BCUT2D eigenvalue weighted by atomic mass is 35.5. The Hall–Kier alpha value is -0.330. The summed E-state index contributed by atoms with van der Waals surface area (Å²) in [5.74, 6) is 0.257. The van der Waals surface area contributed by atoms with Crippen LogP contribution in [0.15, 0.2) is 29.2 Å². The Morgan fingerprint density at radius 2 is 2.06 bits per heavy atom. The molecule has 1 fully saturated rings. The number of benzene rings is 1. The lowest BCUT2D eigenvalue weighted by Gasteiger charge is -2.17. The van der Waals surface area contributed by atoms with Crippen molar-refractivity contribution in [1.29, 1.82) is 0 Å². The molecular formula is C11H16Cl2N2O2S. The first-order chi connectivity index (χ1) is 8.05. The number of halogens is 2. The Morgan fingerprint density at radius 1 is 1.39 bits per heavy atom. The molecule has 0 aromatic heterocycles. The maximum Gasteiger partial charge on any atom is 0.244 e. The first kappa shape index (κ1) is 15.7. The zero-order chi connectivity index (χ0) is 12.5. The van der Waals surface area contributed by atoms with Gasteiger partial charge in [0.25, 0.3) is 0 Å². The molecule has 7 heteroatoms. The van der Waals surface area contributed by atoms with Gasteiger partial charge in [0.2, 0.25) is 10.0 Å². The summed E-state index contributed by atoms with van der Waals surface area (Å²) in [7, 11) is -3.47. The summed E-state index contributed by atoms with van der Waals surface area (Å²) in [6.07, 6.45) is 0.820. The lowest BCUT2D eigenvalue weighted by Crippen LogP contribution is -2.30. The van der Waals surface area contributed by atoms with Gasteiger partial charge in [-0.25, -0.2) is 8.42 Å². The summed E-state index contributed by atoms with van der Waals surface area (Å²) in [6, 6.07) is 6.52. The van der Waals surface area contributed by atoms with E-state index >= 15 is 0 Å². The Morgan fingerprint density at radius 3 is 2.61 bits per heavy atom. The quantitative estimate of drug-likeness (QED) is 0.924. The molecule has 1 aliphatic heterocycles. The molecule has 0 radical (unpaired) electrons. The van der Waals surface area contributed by atoms with Gasteiger partial charge in [-0.05, 0) is 31.0 Å². The smallest absolute Gasteiger partial charge is 0.244 e. The van der Waals surface area contributed by atoms with Gasteiger partial charge in [-0.1, -0.05) is 23.7 Å². The van der Waals surface area contributed by atoms with Crippen LogP contribution < -0.4 is 5.73 Å². The molecule has 4 nitrogen and oxygen atoms in total. The van der Waals surface area contributed by atoms with E-state index in [0.29, 0.717) is 19.6 Å². The normalized spacial score (nSPS) is 20.7. The molecule has 1 aliphatic rings. The third-order valence-corrected chi connectivity index (χ3v) is 5.40. The summed E-state index contributed by atoms with van der Waals surface area (Å²) in [4.78, 5) is 0.180. The van der Waals surface area contributed by atoms with E-state index in [1.165, 1.54) is 10.4 Å². The molecule has 1 aromatic rings. The highest BCUT2D eigenvalue weighted by molar-refractivity contribution is 7.89. The molecule has 18 heavy (non-hydrogen) atoms. The van der Waals surface area contributed by atoms with Crippen molar-refractivity contribution in [3.05, 3.63) is 29.3 Å². The zero-order valence-electron chi connectivity index (χ0n) is 9.75. The minimum Gasteiger partial charge on any atom is -0.330 e. The number of hydrogen-bond donors (Lipinski definition) is 1. The molecule has 1 aromatic carbocycles. The van der Waals surface area contributed by atoms with E-state index in [2.05, 4.69) is 0 Å². The molecule has 0 aliphatic carbocycles. The number of rotatable bonds is 3. The molecule has 0 bridgehead atoms. The fraction of sp³-hybridized carbons (Fsp3) is 0.455. The molecule has 0 amide bonds. The second-order valence-electron chi connectivity index (χ2n) is 4.18. The SMILES string of the molecule is Cl.NCC1CCN(S(=O)(=O)c2ccccc2Cl)C1. The fourth-order valence-electron chi connectivity index (χ4n) is 2.00. The largest absolute Gasteiger partial charge is 0.330 e. The predicted molar refractivity (Wildman–Crippen MR) is 74.6 cm³/mol. The van der Waals surface area contributed by atoms with Crippen molar-refractivity contribution >= 4 is 34.0 Å². The van der Waals surface area contributed by atoms with Crippen LogP contribution in [-0.4, -0.2) is 32.4 Å². The van der Waals surface area contributed by atoms with Crippen LogP contribution in [0, 0.1) is 5.92 Å². The second kappa shape index (κ2) is 6.21. The van der Waals surface area contributed by atoms with Gasteiger partial charge in [0, 0.05) is 13.1 Å². The first-order valence-electron chi connectivity index (χ1n) is 5.50. The third kappa shape index (κ3) is 2.97. The lowest BCUT2D eigenvalue weighted by atomic mass is 10.1. The van der Waals surface area contributed by atoms with Gasteiger partial charge in [0.15, 0.2) is 0 Å². The second-order valence-corrected chi connectivity index (χ2v) is 6.50. The van der Waals surface area contributed by atoms with E-state index < -0.39 is 10.0 Å². The topological polar surface area (TPSA) is 63.4 Å². The highest BCUT2D eigenvalue weighted by Gasteiger charge is 2.32. The molecule has 1 saturated heterocycles. The van der Waals surface area contributed by atoms with E-state index in [0.717, 1.165) is 6.42 Å². The van der Waals surface area contributed by atoms with Gasteiger partial charge < -0.3 is 5.73 Å². The first-order valence-corrected chi connectivity index (χ1v) is 7.32. The highest BCUT2D eigenvalue weighted by Crippen LogP contribution is 2.28. The Balaban J connectivity index is 0.00000162. The van der Waals surface area contributed by atoms with E-state index in [-0.39, 0.29) is 28.2 Å². The average molecular weight is 311 g/mol. The molecule has 1 unspecified atom stereocenters. The number of nitrogens with zero attached hydrogens (tertiary/aromatic N) is 1. The van der Waals surface area contributed by atoms with Gasteiger partial charge in [-0.3, -0.25) is 0 Å². The van der Waals surface area contributed by atoms with Crippen molar-refractivity contribution in [2.75, 3.05) is 19.6 Å². The Labute approximate surface area is 119 Å². The van der Waals surface area contributed by atoms with Crippen LogP contribution >= 0.6 is 24.0 Å². The van der Waals surface area contributed by atoms with E-state index in [1.54, 1.807) is 18.2 Å². The van der Waals surface area contributed by atoms with E-state index in [1.807, 2.05) is 0 Å². The monoisotopic (exact) mass is 310 g/mol. The minimum absolute atomic E-state index is 0. The average Bonchev–Trinajstić information content (AvgIpc) is 2.78. The van der Waals surface area contributed by atoms with Crippen LogP contribution in [-0.2, 0) is 10.0 Å². The summed E-state index contributed by atoms with van der Waals surface area (Å²) in [6.45, 7) is 1.54. The van der Waals surface area contributed by atoms with E-state index in [4.69, 9.17) is 17.3 Å². The Kier molecular flexibility index (Phi) is 5.43. The molecule has 102 valence electrons. The van der Waals surface area contributed by atoms with Crippen LogP contribution in [0.25, 0.3) is 0 Å². The van der Waals surface area contributed by atoms with Crippen molar-refractivity contribution in [2.45, 2.75) is 11.3 Å². The van der Waals surface area contributed by atoms with Gasteiger partial charge in [-0.15, -0.1) is 12.4 Å². The Bertz CT molecular complexity index is 508. The van der Waals surface area contributed by atoms with E-state index in [9.17, 15) is 8.42 Å². The fourth-order valence-corrected chi connectivity index (χ4v) is 4.03. The standard InChI is InChI=1S/C11H15ClN2O2S.ClH/c12-10-3-1-2-4-11(10)17(15,16)14-6-5-9(7-13)8-14;/h1-4,9H,5-8,13H2;1H. The van der Waals surface area contributed by atoms with Crippen molar-refractivity contribution < 1.29 is 8.42 Å². The minimum atomic E-state index is -3.47. The molecule has 2 rings (SSSR count). The van der Waals surface area contributed by atoms with Crippen molar-refractivity contribution in [2.24, 2.45) is 11.7 Å². The molecule has 1 atom stereocenters. The number of sulfonamides is 1. The molecule has 1 heterocycles. The summed E-state index contributed by atoms with van der Waals surface area (Å²) in [5.41, 5.74) is 5.56. The molecule has 0 spiro atoms. The van der Waals surface area contributed by atoms with Crippen molar-refractivity contribution in [1.82, 2.24) is 4.31 Å². The maximum atomic E-state index is 12.3. The van der Waals surface area contributed by atoms with Gasteiger partial charge >= 0.3 is 0 Å². The summed E-state index contributed by atoms with van der Waals surface area (Å²) >= 11 is 5.93. The zero-order valence-corrected chi connectivity index (χ0v) is 12.1. The van der Waals surface area contributed by atoms with Crippen LogP contribution in [0.4, 0.5) is 0 Å². The number of nitrogens with two attached hydrogens (primary N) is 1. The number of hydrogen-bond acceptors (Lipinski definition) is 3. The van der Waals surface area contributed by atoms with Gasteiger partial charge in [0.1, 0.15) is 4.90 Å². The lowest BCUT2D eigenvalue weighted by molar-refractivity contribution is 0.459. The van der Waals surface area contributed by atoms with Crippen LogP contribution in [0.3, 0.4) is 0 Å². The third-order valence-electron chi connectivity index (χ3n) is 3.04. The van der Waals surface area contributed by atoms with Crippen molar-refractivity contribution in [3.63, 3.8) is 0 Å². The molecular weight excluding hydrogens is 295 g/mol. The maximum absolute atomic E-state index is 12.3. The van der Waals surface area contributed by atoms with Crippen molar-refractivity contribution in [3.8, 4) is 0 Å². The summed E-state index contributed by atoms with van der Waals surface area (Å²) < 4.78 is 26.1. The van der Waals surface area contributed by atoms with Crippen LogP contribution in [0.1, 0.15) is 6.42 Å². The van der Waals surface area contributed by atoms with Gasteiger partial charge in [-0.2, -0.15) is 4.31 Å². The summed E-state index contributed by atoms with van der Waals surface area (Å²) in [5, 5.41) is 0.267. The van der Waals surface area contributed by atoms with Crippen LogP contribution in [0.2, 0.25) is 5.02 Å². The predicted octanol–water partition coefficient (Wildman–Crippen LogP) is 1.73. The van der Waals surface area contributed by atoms with Gasteiger partial charge in [0.05, 0.1) is 5.02 Å².